The average Bonchev–Trinajstić information content (AvgIpc) is 3.40. The Morgan fingerprint density at radius 3 is 2.85 bits per heavy atom. The first-order valence-electron chi connectivity index (χ1n) is 8.78. The van der Waals surface area contributed by atoms with Crippen molar-refractivity contribution in [3.05, 3.63) is 62.4 Å². The lowest BCUT2D eigenvalue weighted by Gasteiger charge is -2.05. The summed E-state index contributed by atoms with van der Waals surface area (Å²) in [6.07, 6.45) is 4.41. The number of aryl methyl sites for hydroxylation is 1. The van der Waals surface area contributed by atoms with Gasteiger partial charge < -0.3 is 4.74 Å². The van der Waals surface area contributed by atoms with Gasteiger partial charge in [-0.05, 0) is 36.8 Å². The summed E-state index contributed by atoms with van der Waals surface area (Å²) in [5.41, 5.74) is 3.45. The molecule has 1 aliphatic heterocycles. The molecule has 134 valence electrons. The van der Waals surface area contributed by atoms with Crippen molar-refractivity contribution in [3.63, 3.8) is 0 Å². The van der Waals surface area contributed by atoms with E-state index >= 15 is 0 Å². The largest absolute Gasteiger partial charge is 0.376 e. The van der Waals surface area contributed by atoms with Crippen LogP contribution in [0.15, 0.2) is 57.3 Å². The van der Waals surface area contributed by atoms with Crippen LogP contribution in [0, 0.1) is 6.92 Å². The van der Waals surface area contributed by atoms with Crippen molar-refractivity contribution in [2.24, 2.45) is 10.1 Å². The first-order chi connectivity index (χ1) is 12.8. The number of hydrogen-bond acceptors (Lipinski definition) is 5. The molecule has 6 heteroatoms. The van der Waals surface area contributed by atoms with Gasteiger partial charge in [0.15, 0.2) is 0 Å². The van der Waals surface area contributed by atoms with Crippen LogP contribution in [0.2, 0.25) is 0 Å². The number of thiophene rings is 1. The fraction of sp³-hybridized carbons (Fsp3) is 0.300. The third-order valence-corrected chi connectivity index (χ3v) is 6.21. The van der Waals surface area contributed by atoms with Crippen molar-refractivity contribution in [1.29, 1.82) is 0 Å². The minimum atomic E-state index is 0.245. The molecule has 0 radical (unpaired) electrons. The maximum Gasteiger partial charge on any atom is 0.206 e. The number of hydrogen-bond donors (Lipinski definition) is 0. The number of rotatable bonds is 5. The first kappa shape index (κ1) is 17.4. The predicted molar refractivity (Wildman–Crippen MR) is 109 cm³/mol. The quantitative estimate of drug-likeness (QED) is 0.596. The summed E-state index contributed by atoms with van der Waals surface area (Å²) in [4.78, 5) is 6.88. The van der Waals surface area contributed by atoms with E-state index in [-0.39, 0.29) is 6.10 Å². The van der Waals surface area contributed by atoms with E-state index in [0.29, 0.717) is 6.54 Å². The minimum Gasteiger partial charge on any atom is -0.376 e. The monoisotopic (exact) mass is 383 g/mol. The van der Waals surface area contributed by atoms with E-state index in [0.717, 1.165) is 35.5 Å². The van der Waals surface area contributed by atoms with E-state index in [1.807, 2.05) is 29.1 Å². The van der Waals surface area contributed by atoms with Crippen molar-refractivity contribution in [3.8, 4) is 11.3 Å². The fourth-order valence-electron chi connectivity index (χ4n) is 2.92. The highest BCUT2D eigenvalue weighted by Gasteiger charge is 2.15. The zero-order chi connectivity index (χ0) is 17.8. The van der Waals surface area contributed by atoms with E-state index in [1.165, 1.54) is 10.4 Å². The highest BCUT2D eigenvalue weighted by atomic mass is 32.1. The molecule has 1 aromatic carbocycles. The van der Waals surface area contributed by atoms with E-state index in [1.54, 1.807) is 22.7 Å². The van der Waals surface area contributed by atoms with Gasteiger partial charge in [0.05, 0.1) is 29.4 Å². The maximum absolute atomic E-state index is 5.71. The number of aromatic nitrogens is 1. The highest BCUT2D eigenvalue weighted by Crippen LogP contribution is 2.20. The summed E-state index contributed by atoms with van der Waals surface area (Å²) in [6, 6.07) is 12.5. The van der Waals surface area contributed by atoms with E-state index < -0.39 is 0 Å². The lowest BCUT2D eigenvalue weighted by Crippen LogP contribution is -2.17. The molecular weight excluding hydrogens is 362 g/mol. The van der Waals surface area contributed by atoms with Gasteiger partial charge in [-0.2, -0.15) is 5.10 Å². The molecule has 3 aromatic rings. The molecule has 0 unspecified atom stereocenters. The molecule has 1 aliphatic rings. The molecule has 0 saturated carbocycles. The van der Waals surface area contributed by atoms with Crippen molar-refractivity contribution < 1.29 is 4.74 Å². The molecule has 1 fully saturated rings. The summed E-state index contributed by atoms with van der Waals surface area (Å²) in [5.74, 6) is 0. The summed E-state index contributed by atoms with van der Waals surface area (Å²) in [5, 5.41) is 8.99. The number of ether oxygens (including phenoxy) is 1. The third kappa shape index (κ3) is 3.87. The van der Waals surface area contributed by atoms with E-state index in [2.05, 4.69) is 35.9 Å². The van der Waals surface area contributed by atoms with Gasteiger partial charge in [0.2, 0.25) is 4.80 Å². The second-order valence-corrected chi connectivity index (χ2v) is 8.05. The maximum atomic E-state index is 5.71. The summed E-state index contributed by atoms with van der Waals surface area (Å²) < 4.78 is 7.66. The van der Waals surface area contributed by atoms with Crippen LogP contribution >= 0.6 is 22.7 Å². The molecule has 1 saturated heterocycles. The Kier molecular flexibility index (Phi) is 5.43. The average molecular weight is 384 g/mol. The summed E-state index contributed by atoms with van der Waals surface area (Å²) >= 11 is 3.33. The minimum absolute atomic E-state index is 0.245. The normalized spacial score (nSPS) is 18.2. The second kappa shape index (κ2) is 8.12. The molecule has 4 rings (SSSR count). The molecule has 4 nitrogen and oxygen atoms in total. The van der Waals surface area contributed by atoms with Crippen LogP contribution in [0.4, 0.5) is 0 Å². The van der Waals surface area contributed by atoms with E-state index in [4.69, 9.17) is 14.8 Å². The lowest BCUT2D eigenvalue weighted by molar-refractivity contribution is 0.117. The zero-order valence-electron chi connectivity index (χ0n) is 14.7. The molecule has 0 aliphatic carbocycles. The topological polar surface area (TPSA) is 38.9 Å². The Bertz CT molecular complexity index is 947. The first-order valence-corrected chi connectivity index (χ1v) is 10.5. The van der Waals surface area contributed by atoms with Crippen LogP contribution in [-0.2, 0) is 4.74 Å². The SMILES string of the molecule is Cc1ccsc1/C=N\n1c(-c2ccccc2)csc1=NC[C@H]1CCCO1. The van der Waals surface area contributed by atoms with Gasteiger partial charge in [0.25, 0.3) is 0 Å². The summed E-state index contributed by atoms with van der Waals surface area (Å²) in [7, 11) is 0. The van der Waals surface area contributed by atoms with Gasteiger partial charge in [0.1, 0.15) is 0 Å². The molecular formula is C20H21N3OS2. The Balaban J connectivity index is 1.71. The number of nitrogens with zero attached hydrogens (tertiary/aromatic N) is 3. The molecule has 2 aromatic heterocycles. The third-order valence-electron chi connectivity index (χ3n) is 4.40. The van der Waals surface area contributed by atoms with Gasteiger partial charge >= 0.3 is 0 Å². The van der Waals surface area contributed by atoms with Crippen LogP contribution in [0.1, 0.15) is 23.3 Å². The van der Waals surface area contributed by atoms with Gasteiger partial charge in [-0.25, -0.2) is 4.68 Å². The molecule has 0 bridgehead atoms. The van der Waals surface area contributed by atoms with Crippen molar-refractivity contribution in [2.75, 3.05) is 13.2 Å². The second-order valence-electron chi connectivity index (χ2n) is 6.27. The van der Waals surface area contributed by atoms with Gasteiger partial charge in [0, 0.05) is 17.6 Å². The van der Waals surface area contributed by atoms with Crippen molar-refractivity contribution in [2.45, 2.75) is 25.9 Å². The van der Waals surface area contributed by atoms with Gasteiger partial charge in [-0.15, -0.1) is 22.7 Å². The van der Waals surface area contributed by atoms with E-state index in [9.17, 15) is 0 Å². The van der Waals surface area contributed by atoms with Crippen LogP contribution in [-0.4, -0.2) is 30.1 Å². The van der Waals surface area contributed by atoms with Crippen molar-refractivity contribution >= 4 is 28.9 Å². The standard InChI is InChI=1S/C20H21N3OS2/c1-15-9-11-25-19(15)13-22-23-18(16-6-3-2-4-7-16)14-26-20(23)21-12-17-8-5-10-24-17/h2-4,6-7,9,11,13-14,17H,5,8,10,12H2,1H3/b21-20?,22-13-/t17-/m1/s1. The van der Waals surface area contributed by atoms with Crippen LogP contribution in [0.25, 0.3) is 11.3 Å². The number of thiazole rings is 1. The van der Waals surface area contributed by atoms with Crippen LogP contribution in [0.5, 0.6) is 0 Å². The molecule has 3 heterocycles. The smallest absolute Gasteiger partial charge is 0.206 e. The Hall–Kier alpha value is -2.02. The summed E-state index contributed by atoms with van der Waals surface area (Å²) in [6.45, 7) is 3.66. The van der Waals surface area contributed by atoms with Crippen LogP contribution in [0.3, 0.4) is 0 Å². The van der Waals surface area contributed by atoms with Crippen LogP contribution < -0.4 is 4.80 Å². The zero-order valence-corrected chi connectivity index (χ0v) is 16.3. The Labute approximate surface area is 161 Å². The molecule has 0 N–H and O–H groups in total. The predicted octanol–water partition coefficient (Wildman–Crippen LogP) is 4.55. The lowest BCUT2D eigenvalue weighted by atomic mass is 10.2. The van der Waals surface area contributed by atoms with Gasteiger partial charge in [-0.3, -0.25) is 4.99 Å². The molecule has 1 atom stereocenters. The highest BCUT2D eigenvalue weighted by molar-refractivity contribution is 7.11. The van der Waals surface area contributed by atoms with Gasteiger partial charge in [-0.1, -0.05) is 30.3 Å². The molecule has 26 heavy (non-hydrogen) atoms. The Morgan fingerprint density at radius 2 is 2.12 bits per heavy atom. The van der Waals surface area contributed by atoms with Crippen molar-refractivity contribution in [1.82, 2.24) is 4.68 Å². The fourth-order valence-corrected chi connectivity index (χ4v) is 4.55. The molecule has 0 spiro atoms. The molecule has 0 amide bonds. The Morgan fingerprint density at radius 1 is 1.23 bits per heavy atom. The number of benzene rings is 1.